The summed E-state index contributed by atoms with van der Waals surface area (Å²) in [7, 11) is 0. The monoisotopic (exact) mass is 365 g/mol. The number of nitrogens with zero attached hydrogens (tertiary/aromatic N) is 3. The first-order valence-corrected chi connectivity index (χ1v) is 9.27. The highest BCUT2D eigenvalue weighted by atomic mass is 16.7. The third kappa shape index (κ3) is 3.74. The first-order valence-electron chi connectivity index (χ1n) is 9.27. The van der Waals surface area contributed by atoms with E-state index in [1.165, 1.54) is 5.56 Å². The minimum absolute atomic E-state index is 0.0137. The molecule has 2 atom stereocenters. The molecule has 1 saturated heterocycles. The van der Waals surface area contributed by atoms with Crippen LogP contribution in [-0.4, -0.2) is 6.04 Å². The van der Waals surface area contributed by atoms with Crippen molar-refractivity contribution in [1.82, 2.24) is 0 Å². The van der Waals surface area contributed by atoms with Gasteiger partial charge in [0.15, 0.2) is 0 Å². The van der Waals surface area contributed by atoms with Gasteiger partial charge < -0.3 is 0 Å². The van der Waals surface area contributed by atoms with Crippen LogP contribution >= 0.6 is 0 Å². The number of rotatable bonds is 4. The van der Waals surface area contributed by atoms with Gasteiger partial charge in [-0.2, -0.15) is 10.5 Å². The summed E-state index contributed by atoms with van der Waals surface area (Å²) < 4.78 is 0. The number of nitriles is 2. The largest absolute Gasteiger partial charge is 0.265 e. The summed E-state index contributed by atoms with van der Waals surface area (Å²) in [6.07, 6.45) is 1.67. The summed E-state index contributed by atoms with van der Waals surface area (Å²) in [5, 5.41) is 20.0. The smallest absolute Gasteiger partial charge is 0.113 e. The van der Waals surface area contributed by atoms with E-state index < -0.39 is 0 Å². The number of hydrogen-bond acceptors (Lipinski definition) is 4. The van der Waals surface area contributed by atoms with E-state index in [9.17, 15) is 0 Å². The normalized spacial score (nSPS) is 18.4. The van der Waals surface area contributed by atoms with Crippen LogP contribution in [0.15, 0.2) is 78.9 Å². The number of anilines is 1. The van der Waals surface area contributed by atoms with Crippen LogP contribution in [0.3, 0.4) is 0 Å². The van der Waals surface area contributed by atoms with Crippen molar-refractivity contribution in [3.63, 3.8) is 0 Å². The van der Waals surface area contributed by atoms with Crippen LogP contribution in [0.2, 0.25) is 0 Å². The first kappa shape index (κ1) is 17.8. The van der Waals surface area contributed by atoms with Crippen molar-refractivity contribution in [1.29, 1.82) is 10.5 Å². The minimum atomic E-state index is -0.0137. The van der Waals surface area contributed by atoms with Crippen molar-refractivity contribution < 1.29 is 4.84 Å². The van der Waals surface area contributed by atoms with Crippen LogP contribution < -0.4 is 5.06 Å². The molecule has 0 saturated carbocycles. The molecule has 0 amide bonds. The lowest BCUT2D eigenvalue weighted by atomic mass is 9.97. The van der Waals surface area contributed by atoms with Gasteiger partial charge in [0.05, 0.1) is 35.0 Å². The van der Waals surface area contributed by atoms with Crippen molar-refractivity contribution in [3.05, 3.63) is 101 Å². The topological polar surface area (TPSA) is 60.0 Å². The molecule has 136 valence electrons. The number of benzene rings is 3. The van der Waals surface area contributed by atoms with Gasteiger partial charge in [-0.05, 0) is 53.9 Å². The van der Waals surface area contributed by atoms with E-state index in [1.54, 1.807) is 0 Å². The zero-order valence-corrected chi connectivity index (χ0v) is 15.3. The third-order valence-electron chi connectivity index (χ3n) is 5.04. The molecule has 28 heavy (non-hydrogen) atoms. The minimum Gasteiger partial charge on any atom is -0.265 e. The molecule has 4 heteroatoms. The summed E-state index contributed by atoms with van der Waals surface area (Å²) in [5.74, 6) is 0. The molecular weight excluding hydrogens is 346 g/mol. The molecular formula is C24H19N3O. The molecule has 0 spiro atoms. The van der Waals surface area contributed by atoms with Crippen LogP contribution in [0.1, 0.15) is 34.8 Å². The second-order valence-electron chi connectivity index (χ2n) is 6.89. The average molecular weight is 365 g/mol. The van der Waals surface area contributed by atoms with Crippen molar-refractivity contribution in [3.8, 4) is 12.1 Å². The van der Waals surface area contributed by atoms with Crippen LogP contribution in [0.4, 0.5) is 5.69 Å². The summed E-state index contributed by atoms with van der Waals surface area (Å²) in [6, 6.07) is 29.9. The summed E-state index contributed by atoms with van der Waals surface area (Å²) >= 11 is 0. The highest BCUT2D eigenvalue weighted by Crippen LogP contribution is 2.37. The van der Waals surface area contributed by atoms with E-state index in [-0.39, 0.29) is 12.1 Å². The van der Waals surface area contributed by atoms with Gasteiger partial charge in [0, 0.05) is 6.42 Å². The van der Waals surface area contributed by atoms with Gasteiger partial charge in [0.2, 0.25) is 0 Å². The zero-order chi connectivity index (χ0) is 19.3. The number of hydroxylamine groups is 1. The maximum absolute atomic E-state index is 9.06. The predicted octanol–water partition coefficient (Wildman–Crippen LogP) is 4.92. The molecule has 0 aromatic heterocycles. The fraction of sp³-hybridized carbons (Fsp3) is 0.167. The Morgan fingerprint density at radius 2 is 1.43 bits per heavy atom. The Hall–Kier alpha value is -3.60. The van der Waals surface area contributed by atoms with E-state index in [0.717, 1.165) is 24.1 Å². The maximum Gasteiger partial charge on any atom is 0.113 e. The van der Waals surface area contributed by atoms with E-state index in [0.29, 0.717) is 11.1 Å². The molecule has 0 unspecified atom stereocenters. The van der Waals surface area contributed by atoms with Gasteiger partial charge in [-0.15, -0.1) is 0 Å². The molecule has 0 N–H and O–H groups in total. The molecule has 0 aliphatic carbocycles. The Morgan fingerprint density at radius 1 is 0.821 bits per heavy atom. The quantitative estimate of drug-likeness (QED) is 0.658. The van der Waals surface area contributed by atoms with Crippen LogP contribution in [-0.2, 0) is 11.3 Å². The molecule has 1 heterocycles. The van der Waals surface area contributed by atoms with E-state index in [1.807, 2.05) is 71.8 Å². The van der Waals surface area contributed by atoms with Crippen molar-refractivity contribution in [2.24, 2.45) is 0 Å². The molecule has 3 aromatic carbocycles. The zero-order valence-electron chi connectivity index (χ0n) is 15.3. The average Bonchev–Trinajstić information content (AvgIpc) is 3.19. The third-order valence-corrected chi connectivity index (χ3v) is 5.04. The Kier molecular flexibility index (Phi) is 5.06. The SMILES string of the molecule is N#Cc1ccc(C[C@@H]2C[C@H](c3ccccc3)ON2c2ccc(C#N)cc2)cc1. The summed E-state index contributed by atoms with van der Waals surface area (Å²) in [4.78, 5) is 6.33. The van der Waals surface area contributed by atoms with Crippen LogP contribution in [0.5, 0.6) is 0 Å². The molecule has 0 radical (unpaired) electrons. The number of hydrogen-bond donors (Lipinski definition) is 0. The predicted molar refractivity (Wildman–Crippen MR) is 107 cm³/mol. The van der Waals surface area contributed by atoms with E-state index in [4.69, 9.17) is 15.4 Å². The second-order valence-corrected chi connectivity index (χ2v) is 6.89. The second kappa shape index (κ2) is 7.96. The van der Waals surface area contributed by atoms with E-state index >= 15 is 0 Å². The van der Waals surface area contributed by atoms with Crippen molar-refractivity contribution >= 4 is 5.69 Å². The van der Waals surface area contributed by atoms with Gasteiger partial charge in [-0.1, -0.05) is 42.5 Å². The van der Waals surface area contributed by atoms with E-state index in [2.05, 4.69) is 24.3 Å². The van der Waals surface area contributed by atoms with Crippen molar-refractivity contribution in [2.75, 3.05) is 5.06 Å². The molecule has 3 aromatic rings. The molecule has 1 fully saturated rings. The molecule has 4 nitrogen and oxygen atoms in total. The first-order chi connectivity index (χ1) is 13.8. The Labute approximate surface area is 164 Å². The molecule has 4 rings (SSSR count). The lowest BCUT2D eigenvalue weighted by Gasteiger charge is -2.25. The summed E-state index contributed by atoms with van der Waals surface area (Å²) in [5.41, 5.74) is 4.56. The van der Waals surface area contributed by atoms with Gasteiger partial charge in [0.1, 0.15) is 6.10 Å². The van der Waals surface area contributed by atoms with Crippen molar-refractivity contribution in [2.45, 2.75) is 25.0 Å². The van der Waals surface area contributed by atoms with Gasteiger partial charge in [-0.25, -0.2) is 0 Å². The van der Waals surface area contributed by atoms with Crippen LogP contribution in [0, 0.1) is 22.7 Å². The molecule has 1 aliphatic heterocycles. The Bertz CT molecular complexity index is 1010. The molecule has 0 bridgehead atoms. The van der Waals surface area contributed by atoms with Gasteiger partial charge in [0.25, 0.3) is 0 Å². The fourth-order valence-corrected chi connectivity index (χ4v) is 3.58. The van der Waals surface area contributed by atoms with Crippen LogP contribution in [0.25, 0.3) is 0 Å². The molecule has 1 aliphatic rings. The summed E-state index contributed by atoms with van der Waals surface area (Å²) in [6.45, 7) is 0. The van der Waals surface area contributed by atoms with Gasteiger partial charge in [-0.3, -0.25) is 9.90 Å². The maximum atomic E-state index is 9.06. The standard InChI is InChI=1S/C24H19N3O/c25-16-19-8-6-18(7-9-19)14-23-15-24(21-4-2-1-3-5-21)28-27(23)22-12-10-20(17-26)11-13-22/h1-13,23-24H,14-15H2/t23-,24-/m1/s1. The fourth-order valence-electron chi connectivity index (χ4n) is 3.58. The lowest BCUT2D eigenvalue weighted by Crippen LogP contribution is -2.29. The lowest BCUT2D eigenvalue weighted by molar-refractivity contribution is 0.0836. The van der Waals surface area contributed by atoms with Gasteiger partial charge >= 0.3 is 0 Å². The highest BCUT2D eigenvalue weighted by molar-refractivity contribution is 5.50. The highest BCUT2D eigenvalue weighted by Gasteiger charge is 2.34. The Balaban J connectivity index is 1.61. The Morgan fingerprint density at radius 3 is 2.04 bits per heavy atom.